The first-order valence-electron chi connectivity index (χ1n) is 5.60. The Kier molecular flexibility index (Phi) is 5.40. The van der Waals surface area contributed by atoms with Crippen LogP contribution in [0.5, 0.6) is 0 Å². The van der Waals surface area contributed by atoms with Crippen LogP contribution in [0.3, 0.4) is 0 Å². The van der Waals surface area contributed by atoms with Crippen molar-refractivity contribution < 1.29 is 9.90 Å². The first-order valence-corrected chi connectivity index (χ1v) is 5.97. The Morgan fingerprint density at radius 3 is 2.83 bits per heavy atom. The fourth-order valence-corrected chi connectivity index (χ4v) is 1.78. The maximum Gasteiger partial charge on any atom is 0.238 e. The molecule has 0 aliphatic rings. The average molecular weight is 272 g/mol. The van der Waals surface area contributed by atoms with E-state index in [0.29, 0.717) is 22.9 Å². The highest BCUT2D eigenvalue weighted by molar-refractivity contribution is 6.31. The summed E-state index contributed by atoms with van der Waals surface area (Å²) in [4.78, 5) is 13.4. The lowest BCUT2D eigenvalue weighted by Gasteiger charge is -2.18. The van der Waals surface area contributed by atoms with Crippen molar-refractivity contribution in [2.45, 2.75) is 13.0 Å². The van der Waals surface area contributed by atoms with Gasteiger partial charge >= 0.3 is 0 Å². The maximum atomic E-state index is 11.7. The molecule has 1 aromatic carbocycles. The fourth-order valence-electron chi connectivity index (χ4n) is 1.60. The lowest BCUT2D eigenvalue weighted by molar-refractivity contribution is -0.117. The average Bonchev–Trinajstić information content (AvgIpc) is 2.20. The largest absolute Gasteiger partial charge is 0.397 e. The van der Waals surface area contributed by atoms with Gasteiger partial charge in [-0.1, -0.05) is 11.6 Å². The third-order valence-corrected chi connectivity index (χ3v) is 2.51. The monoisotopic (exact) mass is 271 g/mol. The van der Waals surface area contributed by atoms with Gasteiger partial charge < -0.3 is 16.2 Å². The molecule has 5 nitrogen and oxygen atoms in total. The molecule has 0 radical (unpaired) electrons. The van der Waals surface area contributed by atoms with E-state index in [9.17, 15) is 9.90 Å². The normalized spacial score (nSPS) is 12.5. The Hall–Kier alpha value is -1.30. The molecule has 0 saturated carbocycles. The second kappa shape index (κ2) is 6.58. The molecule has 1 atom stereocenters. The number of anilines is 2. The smallest absolute Gasteiger partial charge is 0.238 e. The van der Waals surface area contributed by atoms with E-state index in [1.165, 1.54) is 0 Å². The molecule has 1 aromatic rings. The van der Waals surface area contributed by atoms with Gasteiger partial charge in [-0.05, 0) is 32.2 Å². The molecule has 0 aliphatic carbocycles. The number of hydrogen-bond acceptors (Lipinski definition) is 4. The summed E-state index contributed by atoms with van der Waals surface area (Å²) >= 11 is 5.77. The van der Waals surface area contributed by atoms with Crippen LogP contribution >= 0.6 is 11.6 Å². The van der Waals surface area contributed by atoms with Crippen LogP contribution in [0.15, 0.2) is 18.2 Å². The van der Waals surface area contributed by atoms with Gasteiger partial charge in [0.1, 0.15) is 0 Å². The minimum absolute atomic E-state index is 0.187. The van der Waals surface area contributed by atoms with Gasteiger partial charge in [-0.15, -0.1) is 0 Å². The lowest BCUT2D eigenvalue weighted by atomic mass is 10.2. The van der Waals surface area contributed by atoms with E-state index in [2.05, 4.69) is 5.32 Å². The van der Waals surface area contributed by atoms with Crippen LogP contribution in [-0.2, 0) is 4.79 Å². The minimum Gasteiger partial charge on any atom is -0.397 e. The van der Waals surface area contributed by atoms with Gasteiger partial charge in [-0.25, -0.2) is 0 Å². The van der Waals surface area contributed by atoms with Crippen LogP contribution in [0.4, 0.5) is 11.4 Å². The number of benzene rings is 1. The zero-order valence-corrected chi connectivity index (χ0v) is 11.2. The molecule has 0 bridgehead atoms. The van der Waals surface area contributed by atoms with E-state index in [-0.39, 0.29) is 12.5 Å². The zero-order chi connectivity index (χ0) is 13.7. The Labute approximate surface area is 112 Å². The predicted molar refractivity (Wildman–Crippen MR) is 73.7 cm³/mol. The molecule has 6 heteroatoms. The fraction of sp³-hybridized carbons (Fsp3) is 0.417. The summed E-state index contributed by atoms with van der Waals surface area (Å²) in [5.74, 6) is -0.188. The molecular weight excluding hydrogens is 254 g/mol. The third kappa shape index (κ3) is 4.91. The van der Waals surface area contributed by atoms with Crippen LogP contribution in [0.2, 0.25) is 5.02 Å². The van der Waals surface area contributed by atoms with Gasteiger partial charge in [0.2, 0.25) is 5.91 Å². The number of nitrogens with one attached hydrogen (secondary N) is 1. The predicted octanol–water partition coefficient (Wildman–Crippen LogP) is 1.17. The van der Waals surface area contributed by atoms with Gasteiger partial charge in [0.05, 0.1) is 24.0 Å². The summed E-state index contributed by atoms with van der Waals surface area (Å²) in [5.41, 5.74) is 6.69. The highest BCUT2D eigenvalue weighted by Crippen LogP contribution is 2.22. The molecule has 1 unspecified atom stereocenters. The number of rotatable bonds is 5. The Bertz CT molecular complexity index is 424. The number of likely N-dealkylation sites (N-methyl/N-ethyl adjacent to an activating group) is 1. The Balaban J connectivity index is 2.54. The summed E-state index contributed by atoms with van der Waals surface area (Å²) < 4.78 is 0. The third-order valence-electron chi connectivity index (χ3n) is 2.28. The first kappa shape index (κ1) is 14.8. The molecule has 100 valence electrons. The number of nitrogens with zero attached hydrogens (tertiary/aromatic N) is 1. The van der Waals surface area contributed by atoms with Crippen LogP contribution in [0.1, 0.15) is 6.92 Å². The first-order chi connectivity index (χ1) is 8.38. The van der Waals surface area contributed by atoms with Crippen molar-refractivity contribution in [1.29, 1.82) is 0 Å². The zero-order valence-electron chi connectivity index (χ0n) is 10.5. The second-order valence-electron chi connectivity index (χ2n) is 4.33. The molecular formula is C12H18ClN3O2. The molecule has 0 heterocycles. The summed E-state index contributed by atoms with van der Waals surface area (Å²) in [6.45, 7) is 2.29. The number of aliphatic hydroxyl groups is 1. The van der Waals surface area contributed by atoms with Gasteiger partial charge in [0, 0.05) is 11.6 Å². The highest BCUT2D eigenvalue weighted by atomic mass is 35.5. The number of hydrogen-bond donors (Lipinski definition) is 3. The quantitative estimate of drug-likeness (QED) is 0.703. The van der Waals surface area contributed by atoms with Crippen molar-refractivity contribution in [3.8, 4) is 0 Å². The summed E-state index contributed by atoms with van der Waals surface area (Å²) in [6.07, 6.45) is -0.469. The van der Waals surface area contributed by atoms with Crippen molar-refractivity contribution in [1.82, 2.24) is 4.90 Å². The van der Waals surface area contributed by atoms with Gasteiger partial charge in [0.15, 0.2) is 0 Å². The van der Waals surface area contributed by atoms with Crippen LogP contribution in [-0.4, -0.2) is 42.2 Å². The molecule has 0 saturated heterocycles. The van der Waals surface area contributed by atoms with Gasteiger partial charge in [0.25, 0.3) is 0 Å². The van der Waals surface area contributed by atoms with Crippen molar-refractivity contribution in [2.24, 2.45) is 0 Å². The van der Waals surface area contributed by atoms with Crippen molar-refractivity contribution in [3.63, 3.8) is 0 Å². The van der Waals surface area contributed by atoms with Gasteiger partial charge in [-0.2, -0.15) is 0 Å². The number of nitrogens with two attached hydrogens (primary N) is 1. The van der Waals surface area contributed by atoms with E-state index in [1.54, 1.807) is 37.1 Å². The standard InChI is InChI=1S/C12H18ClN3O2/c1-8(17)6-16(2)7-12(18)15-11-4-3-9(13)5-10(11)14/h3-5,8,17H,6-7,14H2,1-2H3,(H,15,18). The topological polar surface area (TPSA) is 78.6 Å². The second-order valence-corrected chi connectivity index (χ2v) is 4.76. The number of carbonyl (C=O) groups is 1. The van der Waals surface area contributed by atoms with E-state index in [0.717, 1.165) is 0 Å². The van der Waals surface area contributed by atoms with E-state index in [4.69, 9.17) is 17.3 Å². The summed E-state index contributed by atoms with van der Waals surface area (Å²) in [6, 6.07) is 4.90. The molecule has 18 heavy (non-hydrogen) atoms. The summed E-state index contributed by atoms with van der Waals surface area (Å²) in [7, 11) is 1.76. The van der Waals surface area contributed by atoms with Crippen LogP contribution in [0, 0.1) is 0 Å². The molecule has 4 N–H and O–H groups in total. The summed E-state index contributed by atoms with van der Waals surface area (Å²) in [5, 5.41) is 12.4. The Morgan fingerprint density at radius 2 is 2.28 bits per heavy atom. The highest BCUT2D eigenvalue weighted by Gasteiger charge is 2.10. The molecule has 0 fully saturated rings. The van der Waals surface area contributed by atoms with Crippen molar-refractivity contribution >= 4 is 28.9 Å². The SMILES string of the molecule is CC(O)CN(C)CC(=O)Nc1ccc(Cl)cc1N. The number of nitrogen functional groups attached to an aromatic ring is 1. The number of amides is 1. The number of aliphatic hydroxyl groups excluding tert-OH is 1. The lowest BCUT2D eigenvalue weighted by Crippen LogP contribution is -2.34. The molecule has 0 spiro atoms. The van der Waals surface area contributed by atoms with Crippen LogP contribution < -0.4 is 11.1 Å². The molecule has 1 rings (SSSR count). The minimum atomic E-state index is -0.469. The number of halogens is 1. The van der Waals surface area contributed by atoms with Crippen LogP contribution in [0.25, 0.3) is 0 Å². The van der Waals surface area contributed by atoms with E-state index < -0.39 is 6.10 Å². The maximum absolute atomic E-state index is 11.7. The van der Waals surface area contributed by atoms with Gasteiger partial charge in [-0.3, -0.25) is 9.69 Å². The molecule has 1 amide bonds. The molecule has 0 aromatic heterocycles. The molecule has 0 aliphatic heterocycles. The van der Waals surface area contributed by atoms with Crippen molar-refractivity contribution in [2.75, 3.05) is 31.2 Å². The van der Waals surface area contributed by atoms with Crippen molar-refractivity contribution in [3.05, 3.63) is 23.2 Å². The number of carbonyl (C=O) groups excluding carboxylic acids is 1. The van der Waals surface area contributed by atoms with E-state index in [1.807, 2.05) is 0 Å². The Morgan fingerprint density at radius 1 is 1.61 bits per heavy atom. The van der Waals surface area contributed by atoms with E-state index >= 15 is 0 Å².